The molecule has 0 atom stereocenters. The first-order valence-electron chi connectivity index (χ1n) is 7.06. The SMILES string of the molecule is Cc1cnc(C)c(N2CCN(c3ncccc3Cl)CC2)n1. The molecule has 0 amide bonds. The maximum atomic E-state index is 6.22. The smallest absolute Gasteiger partial charge is 0.150 e. The number of aromatic nitrogens is 3. The van der Waals surface area contributed by atoms with Gasteiger partial charge in [-0.15, -0.1) is 0 Å². The van der Waals surface area contributed by atoms with Crippen molar-refractivity contribution in [2.45, 2.75) is 13.8 Å². The quantitative estimate of drug-likeness (QED) is 0.853. The molecule has 5 nitrogen and oxygen atoms in total. The lowest BCUT2D eigenvalue weighted by Gasteiger charge is -2.36. The molecule has 0 spiro atoms. The fourth-order valence-electron chi connectivity index (χ4n) is 2.56. The second-order valence-electron chi connectivity index (χ2n) is 5.20. The molecular weight excluding hydrogens is 286 g/mol. The van der Waals surface area contributed by atoms with Gasteiger partial charge in [0.1, 0.15) is 11.6 Å². The molecule has 3 heterocycles. The Morgan fingerprint density at radius 2 is 1.67 bits per heavy atom. The molecule has 0 saturated carbocycles. The lowest BCUT2D eigenvalue weighted by atomic mass is 10.2. The Labute approximate surface area is 129 Å². The van der Waals surface area contributed by atoms with E-state index in [1.807, 2.05) is 32.2 Å². The molecule has 1 aliphatic heterocycles. The van der Waals surface area contributed by atoms with E-state index in [0.29, 0.717) is 5.02 Å². The highest BCUT2D eigenvalue weighted by molar-refractivity contribution is 6.32. The van der Waals surface area contributed by atoms with Gasteiger partial charge >= 0.3 is 0 Å². The van der Waals surface area contributed by atoms with Gasteiger partial charge in [-0.2, -0.15) is 0 Å². The third-order valence-electron chi connectivity index (χ3n) is 3.67. The number of nitrogens with zero attached hydrogens (tertiary/aromatic N) is 5. The predicted molar refractivity (Wildman–Crippen MR) is 85.2 cm³/mol. The van der Waals surface area contributed by atoms with Crippen LogP contribution in [0.25, 0.3) is 0 Å². The van der Waals surface area contributed by atoms with Crippen LogP contribution in [0.4, 0.5) is 11.6 Å². The van der Waals surface area contributed by atoms with Crippen LogP contribution < -0.4 is 9.80 Å². The zero-order valence-electron chi connectivity index (χ0n) is 12.3. The third-order valence-corrected chi connectivity index (χ3v) is 3.96. The van der Waals surface area contributed by atoms with E-state index in [4.69, 9.17) is 11.6 Å². The first kappa shape index (κ1) is 14.1. The Morgan fingerprint density at radius 1 is 1.00 bits per heavy atom. The number of piperazine rings is 1. The van der Waals surface area contributed by atoms with Crippen molar-refractivity contribution in [3.63, 3.8) is 0 Å². The molecule has 0 bridgehead atoms. The molecule has 0 unspecified atom stereocenters. The van der Waals surface area contributed by atoms with E-state index in [-0.39, 0.29) is 0 Å². The monoisotopic (exact) mass is 303 g/mol. The average Bonchev–Trinajstić information content (AvgIpc) is 2.50. The predicted octanol–water partition coefficient (Wildman–Crippen LogP) is 2.47. The summed E-state index contributed by atoms with van der Waals surface area (Å²) in [7, 11) is 0. The van der Waals surface area contributed by atoms with Crippen LogP contribution >= 0.6 is 11.6 Å². The van der Waals surface area contributed by atoms with E-state index in [9.17, 15) is 0 Å². The number of anilines is 2. The number of pyridine rings is 1. The molecule has 1 fully saturated rings. The molecule has 2 aromatic rings. The van der Waals surface area contributed by atoms with Gasteiger partial charge < -0.3 is 9.80 Å². The molecule has 3 rings (SSSR count). The van der Waals surface area contributed by atoms with Crippen molar-refractivity contribution in [3.8, 4) is 0 Å². The summed E-state index contributed by atoms with van der Waals surface area (Å²) >= 11 is 6.22. The zero-order chi connectivity index (χ0) is 14.8. The zero-order valence-corrected chi connectivity index (χ0v) is 13.0. The van der Waals surface area contributed by atoms with E-state index in [1.165, 1.54) is 0 Å². The minimum atomic E-state index is 0.706. The Kier molecular flexibility index (Phi) is 3.92. The van der Waals surface area contributed by atoms with Crippen LogP contribution in [0, 0.1) is 13.8 Å². The van der Waals surface area contributed by atoms with Crippen molar-refractivity contribution < 1.29 is 0 Å². The molecule has 0 aromatic carbocycles. The van der Waals surface area contributed by atoms with Crippen molar-refractivity contribution in [3.05, 3.63) is 40.9 Å². The van der Waals surface area contributed by atoms with Crippen molar-refractivity contribution in [2.75, 3.05) is 36.0 Å². The van der Waals surface area contributed by atoms with Crippen LogP contribution in [0.3, 0.4) is 0 Å². The van der Waals surface area contributed by atoms with Gasteiger partial charge in [0.05, 0.1) is 16.4 Å². The lowest BCUT2D eigenvalue weighted by molar-refractivity contribution is 0.638. The molecule has 0 radical (unpaired) electrons. The normalized spacial score (nSPS) is 15.4. The van der Waals surface area contributed by atoms with Gasteiger partial charge in [-0.25, -0.2) is 9.97 Å². The molecule has 1 aliphatic rings. The van der Waals surface area contributed by atoms with Crippen LogP contribution in [0.5, 0.6) is 0 Å². The second kappa shape index (κ2) is 5.85. The Bertz CT molecular complexity index is 638. The summed E-state index contributed by atoms with van der Waals surface area (Å²) in [6.07, 6.45) is 3.59. The van der Waals surface area contributed by atoms with Gasteiger partial charge in [-0.1, -0.05) is 11.6 Å². The van der Waals surface area contributed by atoms with Gasteiger partial charge in [0.25, 0.3) is 0 Å². The lowest BCUT2D eigenvalue weighted by Crippen LogP contribution is -2.47. The van der Waals surface area contributed by atoms with Crippen LogP contribution in [-0.4, -0.2) is 41.1 Å². The first-order valence-corrected chi connectivity index (χ1v) is 7.43. The maximum absolute atomic E-state index is 6.22. The highest BCUT2D eigenvalue weighted by Gasteiger charge is 2.21. The second-order valence-corrected chi connectivity index (χ2v) is 5.61. The number of hydrogen-bond donors (Lipinski definition) is 0. The van der Waals surface area contributed by atoms with Crippen molar-refractivity contribution in [2.24, 2.45) is 0 Å². The molecular formula is C15H18ClN5. The van der Waals surface area contributed by atoms with Crippen molar-refractivity contribution in [1.82, 2.24) is 15.0 Å². The number of aryl methyl sites for hydroxylation is 2. The van der Waals surface area contributed by atoms with Crippen LogP contribution in [0.15, 0.2) is 24.5 Å². The topological polar surface area (TPSA) is 45.2 Å². The molecule has 21 heavy (non-hydrogen) atoms. The summed E-state index contributed by atoms with van der Waals surface area (Å²) in [4.78, 5) is 17.9. The number of rotatable bonds is 2. The molecule has 0 aliphatic carbocycles. The van der Waals surface area contributed by atoms with E-state index in [1.54, 1.807) is 6.20 Å². The molecule has 110 valence electrons. The van der Waals surface area contributed by atoms with Crippen LogP contribution in [0.1, 0.15) is 11.4 Å². The summed E-state index contributed by atoms with van der Waals surface area (Å²) in [5.74, 6) is 1.85. The van der Waals surface area contributed by atoms with Gasteiger partial charge in [0, 0.05) is 38.6 Å². The van der Waals surface area contributed by atoms with Crippen LogP contribution in [-0.2, 0) is 0 Å². The van der Waals surface area contributed by atoms with Gasteiger partial charge in [-0.3, -0.25) is 4.98 Å². The fourth-order valence-corrected chi connectivity index (χ4v) is 2.81. The summed E-state index contributed by atoms with van der Waals surface area (Å²) in [5.41, 5.74) is 1.93. The van der Waals surface area contributed by atoms with Gasteiger partial charge in [0.2, 0.25) is 0 Å². The maximum Gasteiger partial charge on any atom is 0.150 e. The minimum Gasteiger partial charge on any atom is -0.352 e. The van der Waals surface area contributed by atoms with Gasteiger partial charge in [-0.05, 0) is 26.0 Å². The third kappa shape index (κ3) is 2.93. The average molecular weight is 304 g/mol. The molecule has 6 heteroatoms. The molecule has 0 N–H and O–H groups in total. The fraction of sp³-hybridized carbons (Fsp3) is 0.400. The number of hydrogen-bond acceptors (Lipinski definition) is 5. The Morgan fingerprint density at radius 3 is 2.33 bits per heavy atom. The highest BCUT2D eigenvalue weighted by atomic mass is 35.5. The van der Waals surface area contributed by atoms with E-state index >= 15 is 0 Å². The Balaban J connectivity index is 1.73. The largest absolute Gasteiger partial charge is 0.352 e. The number of halogens is 1. The van der Waals surface area contributed by atoms with E-state index in [0.717, 1.165) is 49.2 Å². The summed E-state index contributed by atoms with van der Waals surface area (Å²) in [6, 6.07) is 3.74. The summed E-state index contributed by atoms with van der Waals surface area (Å²) in [6.45, 7) is 7.53. The summed E-state index contributed by atoms with van der Waals surface area (Å²) in [5, 5.41) is 0.706. The first-order chi connectivity index (χ1) is 10.1. The molecule has 2 aromatic heterocycles. The highest BCUT2D eigenvalue weighted by Crippen LogP contribution is 2.25. The van der Waals surface area contributed by atoms with Crippen molar-refractivity contribution >= 4 is 23.2 Å². The summed E-state index contributed by atoms with van der Waals surface area (Å²) < 4.78 is 0. The van der Waals surface area contributed by atoms with E-state index < -0.39 is 0 Å². The van der Waals surface area contributed by atoms with Crippen LogP contribution in [0.2, 0.25) is 5.02 Å². The van der Waals surface area contributed by atoms with Gasteiger partial charge in [0.15, 0.2) is 0 Å². The standard InChI is InChI=1S/C15H18ClN5/c1-11-10-18-12(2)14(19-11)20-6-8-21(9-7-20)15-13(16)4-3-5-17-15/h3-5,10H,6-9H2,1-2H3. The molecule has 1 saturated heterocycles. The van der Waals surface area contributed by atoms with E-state index in [2.05, 4.69) is 24.8 Å². The Hall–Kier alpha value is -1.88. The minimum absolute atomic E-state index is 0.706. The van der Waals surface area contributed by atoms with Crippen molar-refractivity contribution in [1.29, 1.82) is 0 Å².